The van der Waals surface area contributed by atoms with Crippen molar-refractivity contribution in [2.75, 3.05) is 25.4 Å². The molecule has 1 unspecified atom stereocenters. The number of fused-ring (bicyclic) bond motifs is 2. The first-order valence-corrected chi connectivity index (χ1v) is 9.12. The number of nitrogens with zero attached hydrogens (tertiary/aromatic N) is 4. The van der Waals surface area contributed by atoms with Crippen LogP contribution in [0.3, 0.4) is 0 Å². The van der Waals surface area contributed by atoms with Gasteiger partial charge in [0.15, 0.2) is 0 Å². The molecule has 0 aromatic carbocycles. The molecule has 0 bridgehead atoms. The molecule has 0 saturated carbocycles. The van der Waals surface area contributed by atoms with Gasteiger partial charge in [-0.25, -0.2) is 15.0 Å². The van der Waals surface area contributed by atoms with Gasteiger partial charge < -0.3 is 15.4 Å². The van der Waals surface area contributed by atoms with Crippen LogP contribution in [-0.4, -0.2) is 45.5 Å². The Bertz CT molecular complexity index is 836. The Balaban J connectivity index is 1.63. The number of hydrogen-bond donors (Lipinski definition) is 1. The molecule has 1 aliphatic carbocycles. The van der Waals surface area contributed by atoms with Crippen molar-refractivity contribution in [3.63, 3.8) is 0 Å². The van der Waals surface area contributed by atoms with Gasteiger partial charge in [-0.2, -0.15) is 0 Å². The van der Waals surface area contributed by atoms with E-state index in [0.717, 1.165) is 43.5 Å². The number of aryl methyl sites for hydroxylation is 1. The van der Waals surface area contributed by atoms with Crippen LogP contribution in [0.1, 0.15) is 47.8 Å². The Morgan fingerprint density at radius 2 is 2.27 bits per heavy atom. The number of piperidine rings is 1. The van der Waals surface area contributed by atoms with Gasteiger partial charge >= 0.3 is 0 Å². The Morgan fingerprint density at radius 3 is 3.12 bits per heavy atom. The summed E-state index contributed by atoms with van der Waals surface area (Å²) in [7, 11) is 0. The van der Waals surface area contributed by atoms with Gasteiger partial charge in [0, 0.05) is 30.9 Å². The lowest BCUT2D eigenvalue weighted by atomic mass is 9.77. The summed E-state index contributed by atoms with van der Waals surface area (Å²) in [4.78, 5) is 27.9. The first kappa shape index (κ1) is 16.8. The zero-order valence-corrected chi connectivity index (χ0v) is 14.9. The molecular formula is C19H23N5O2. The average molecular weight is 353 g/mol. The molecule has 1 atom stereocenters. The molecule has 0 radical (unpaired) electrons. The lowest BCUT2D eigenvalue weighted by molar-refractivity contribution is 0.0628. The second kappa shape index (κ2) is 6.55. The monoisotopic (exact) mass is 353 g/mol. The van der Waals surface area contributed by atoms with Crippen molar-refractivity contribution in [3.8, 4) is 5.88 Å². The molecule has 2 aromatic heterocycles. The number of carbonyl (C=O) groups excluding carboxylic acids is 1. The Kier molecular flexibility index (Phi) is 4.22. The lowest BCUT2D eigenvalue weighted by Crippen LogP contribution is -2.48. The van der Waals surface area contributed by atoms with Gasteiger partial charge in [-0.15, -0.1) is 0 Å². The number of ether oxygens (including phenoxy) is 1. The van der Waals surface area contributed by atoms with E-state index in [1.807, 2.05) is 18.0 Å². The molecule has 2 N–H and O–H groups in total. The highest BCUT2D eigenvalue weighted by Crippen LogP contribution is 2.44. The molecular weight excluding hydrogens is 330 g/mol. The third kappa shape index (κ3) is 2.77. The fourth-order valence-electron chi connectivity index (χ4n) is 4.23. The quantitative estimate of drug-likeness (QED) is 0.907. The molecule has 1 saturated heterocycles. The summed E-state index contributed by atoms with van der Waals surface area (Å²) in [5.41, 5.74) is 8.42. The summed E-state index contributed by atoms with van der Waals surface area (Å²) < 4.78 is 5.54. The molecule has 7 nitrogen and oxygen atoms in total. The van der Waals surface area contributed by atoms with E-state index in [1.165, 1.54) is 0 Å². The van der Waals surface area contributed by atoms with Crippen molar-refractivity contribution in [2.24, 2.45) is 0 Å². The van der Waals surface area contributed by atoms with Crippen molar-refractivity contribution in [2.45, 2.75) is 38.0 Å². The minimum atomic E-state index is -0.117. The zero-order valence-electron chi connectivity index (χ0n) is 14.9. The first-order chi connectivity index (χ1) is 12.6. The molecule has 1 amide bonds. The smallest absolute Gasteiger partial charge is 0.259 e. The third-order valence-corrected chi connectivity index (χ3v) is 5.41. The van der Waals surface area contributed by atoms with Crippen LogP contribution >= 0.6 is 0 Å². The summed E-state index contributed by atoms with van der Waals surface area (Å²) in [5.74, 6) is 0.675. The van der Waals surface area contributed by atoms with Crippen molar-refractivity contribution < 1.29 is 9.53 Å². The van der Waals surface area contributed by atoms with Crippen LogP contribution < -0.4 is 10.5 Å². The second-order valence-corrected chi connectivity index (χ2v) is 7.00. The van der Waals surface area contributed by atoms with Gasteiger partial charge in [0.2, 0.25) is 11.8 Å². The number of pyridine rings is 1. The van der Waals surface area contributed by atoms with E-state index in [1.54, 1.807) is 18.3 Å². The van der Waals surface area contributed by atoms with Crippen LogP contribution in [0.25, 0.3) is 0 Å². The lowest BCUT2D eigenvalue weighted by Gasteiger charge is -2.40. The van der Waals surface area contributed by atoms with Crippen LogP contribution in [0, 0.1) is 0 Å². The Hall–Kier alpha value is -2.70. The van der Waals surface area contributed by atoms with Gasteiger partial charge in [0.05, 0.1) is 12.3 Å². The maximum absolute atomic E-state index is 13.2. The number of rotatable bonds is 3. The van der Waals surface area contributed by atoms with E-state index >= 15 is 0 Å². The first-order valence-electron chi connectivity index (χ1n) is 9.12. The molecule has 136 valence electrons. The van der Waals surface area contributed by atoms with E-state index in [-0.39, 0.29) is 11.3 Å². The zero-order chi connectivity index (χ0) is 18.1. The number of nitrogen functional groups attached to an aromatic ring is 1. The Labute approximate surface area is 152 Å². The normalized spacial score (nSPS) is 21.7. The van der Waals surface area contributed by atoms with Gasteiger partial charge in [-0.05, 0) is 50.3 Å². The Morgan fingerprint density at radius 1 is 1.38 bits per heavy atom. The summed E-state index contributed by atoms with van der Waals surface area (Å²) in [6.45, 7) is 3.75. The van der Waals surface area contributed by atoms with Gasteiger partial charge in [-0.3, -0.25) is 4.79 Å². The highest BCUT2D eigenvalue weighted by atomic mass is 16.5. The van der Waals surface area contributed by atoms with Crippen molar-refractivity contribution >= 4 is 11.9 Å². The summed E-state index contributed by atoms with van der Waals surface area (Å²) in [6, 6.07) is 3.55. The van der Waals surface area contributed by atoms with Crippen LogP contribution in [-0.2, 0) is 11.8 Å². The fraction of sp³-hybridized carbons (Fsp3) is 0.474. The number of nitrogens with two attached hydrogens (primary N) is 1. The predicted molar refractivity (Wildman–Crippen MR) is 97.0 cm³/mol. The summed E-state index contributed by atoms with van der Waals surface area (Å²) in [5, 5.41) is 0. The maximum Gasteiger partial charge on any atom is 0.259 e. The third-order valence-electron chi connectivity index (χ3n) is 5.41. The highest BCUT2D eigenvalue weighted by molar-refractivity contribution is 5.96. The molecule has 3 heterocycles. The second-order valence-electron chi connectivity index (χ2n) is 7.00. The number of amides is 1. The van der Waals surface area contributed by atoms with E-state index in [2.05, 4.69) is 15.0 Å². The molecule has 2 aliphatic rings. The molecule has 7 heteroatoms. The molecule has 1 spiro atoms. The highest BCUT2D eigenvalue weighted by Gasteiger charge is 2.45. The topological polar surface area (TPSA) is 94.2 Å². The molecule has 1 fully saturated rings. The van der Waals surface area contributed by atoms with Gasteiger partial charge in [0.25, 0.3) is 5.91 Å². The number of likely N-dealkylation sites (tertiary alicyclic amines) is 1. The molecule has 1 aliphatic heterocycles. The summed E-state index contributed by atoms with van der Waals surface area (Å²) >= 11 is 0. The van der Waals surface area contributed by atoms with Crippen molar-refractivity contribution in [3.05, 3.63) is 41.3 Å². The standard InChI is InChI=1S/C19H23N5O2/c1-2-26-16-14(5-3-9-21-16)17(25)24-10-4-7-19(12-24)8-6-13-11-22-18(20)23-15(13)19/h3,5,9,11H,2,4,6-8,10,12H2,1H3,(H2,20,22,23). The average Bonchev–Trinajstić information content (AvgIpc) is 2.99. The number of aromatic nitrogens is 3. The van der Waals surface area contributed by atoms with Crippen molar-refractivity contribution in [1.29, 1.82) is 0 Å². The largest absolute Gasteiger partial charge is 0.477 e. The van der Waals surface area contributed by atoms with Crippen LogP contribution in [0.5, 0.6) is 5.88 Å². The molecule has 2 aromatic rings. The SMILES string of the molecule is CCOc1ncccc1C(=O)N1CCCC2(CCc3cnc(N)nc32)C1. The molecule has 4 rings (SSSR count). The fourth-order valence-corrected chi connectivity index (χ4v) is 4.23. The van der Waals surface area contributed by atoms with Crippen LogP contribution in [0.15, 0.2) is 24.5 Å². The van der Waals surface area contributed by atoms with Crippen LogP contribution in [0.4, 0.5) is 5.95 Å². The summed E-state index contributed by atoms with van der Waals surface area (Å²) in [6.07, 6.45) is 7.36. The van der Waals surface area contributed by atoms with E-state index in [4.69, 9.17) is 10.5 Å². The predicted octanol–water partition coefficient (Wildman–Crippen LogP) is 1.97. The number of carbonyl (C=O) groups is 1. The van der Waals surface area contributed by atoms with E-state index in [0.29, 0.717) is 30.5 Å². The minimum Gasteiger partial charge on any atom is -0.477 e. The van der Waals surface area contributed by atoms with Gasteiger partial charge in [-0.1, -0.05) is 0 Å². The van der Waals surface area contributed by atoms with E-state index < -0.39 is 0 Å². The van der Waals surface area contributed by atoms with Crippen LogP contribution in [0.2, 0.25) is 0 Å². The molecule has 26 heavy (non-hydrogen) atoms. The van der Waals surface area contributed by atoms with Gasteiger partial charge in [0.1, 0.15) is 5.56 Å². The maximum atomic E-state index is 13.2. The van der Waals surface area contributed by atoms with E-state index in [9.17, 15) is 4.79 Å². The number of anilines is 1. The number of hydrogen-bond acceptors (Lipinski definition) is 6. The van der Waals surface area contributed by atoms with Crippen molar-refractivity contribution in [1.82, 2.24) is 19.9 Å². The minimum absolute atomic E-state index is 0.0314.